The molecule has 0 aliphatic heterocycles. The van der Waals surface area contributed by atoms with Gasteiger partial charge in [0.05, 0.1) is 10.0 Å². The highest BCUT2D eigenvalue weighted by Gasteiger charge is 2.15. The molecule has 0 atom stereocenters. The van der Waals surface area contributed by atoms with Crippen molar-refractivity contribution in [3.05, 3.63) is 22.2 Å². The highest BCUT2D eigenvalue weighted by molar-refractivity contribution is 6.37. The Bertz CT molecular complexity index is 517. The highest BCUT2D eigenvalue weighted by atomic mass is 35.5. The SMILES string of the molecule is O=C(O)CCCC(=O)Nc1cc(Cl)c(OC(F)F)c(Cl)c1. The van der Waals surface area contributed by atoms with Gasteiger partial charge in [0.25, 0.3) is 0 Å². The number of halogens is 4. The van der Waals surface area contributed by atoms with Crippen LogP contribution in [0.15, 0.2) is 12.1 Å². The first kappa shape index (κ1) is 17.5. The molecule has 0 fully saturated rings. The van der Waals surface area contributed by atoms with Crippen molar-refractivity contribution in [1.29, 1.82) is 0 Å². The fourth-order valence-corrected chi connectivity index (χ4v) is 2.03. The van der Waals surface area contributed by atoms with E-state index in [1.807, 2.05) is 0 Å². The third-order valence-corrected chi connectivity index (χ3v) is 2.84. The Morgan fingerprint density at radius 2 is 1.81 bits per heavy atom. The van der Waals surface area contributed by atoms with Crippen LogP contribution in [0.2, 0.25) is 10.0 Å². The van der Waals surface area contributed by atoms with Crippen LogP contribution in [0, 0.1) is 0 Å². The van der Waals surface area contributed by atoms with Gasteiger partial charge in [-0.2, -0.15) is 8.78 Å². The number of anilines is 1. The Hall–Kier alpha value is -1.60. The van der Waals surface area contributed by atoms with E-state index in [2.05, 4.69) is 10.1 Å². The molecule has 116 valence electrons. The molecule has 0 unspecified atom stereocenters. The summed E-state index contributed by atoms with van der Waals surface area (Å²) < 4.78 is 28.4. The van der Waals surface area contributed by atoms with E-state index >= 15 is 0 Å². The van der Waals surface area contributed by atoms with E-state index in [4.69, 9.17) is 28.3 Å². The molecular formula is C12H11Cl2F2NO4. The number of nitrogens with one attached hydrogen (secondary N) is 1. The third kappa shape index (κ3) is 6.14. The summed E-state index contributed by atoms with van der Waals surface area (Å²) in [5.74, 6) is -1.81. The summed E-state index contributed by atoms with van der Waals surface area (Å²) in [6.45, 7) is -3.07. The van der Waals surface area contributed by atoms with E-state index in [0.29, 0.717) is 0 Å². The number of alkyl halides is 2. The van der Waals surface area contributed by atoms with Crippen LogP contribution in [-0.2, 0) is 9.59 Å². The van der Waals surface area contributed by atoms with Crippen molar-refractivity contribution in [2.75, 3.05) is 5.32 Å². The minimum Gasteiger partial charge on any atom is -0.481 e. The predicted molar refractivity (Wildman–Crippen MR) is 73.2 cm³/mol. The van der Waals surface area contributed by atoms with Crippen molar-refractivity contribution in [3.8, 4) is 5.75 Å². The number of benzene rings is 1. The zero-order valence-electron chi connectivity index (χ0n) is 10.5. The van der Waals surface area contributed by atoms with Gasteiger partial charge in [-0.15, -0.1) is 0 Å². The molecule has 1 rings (SSSR count). The average Bonchev–Trinajstić information content (AvgIpc) is 2.33. The Morgan fingerprint density at radius 3 is 2.29 bits per heavy atom. The van der Waals surface area contributed by atoms with Crippen LogP contribution in [-0.4, -0.2) is 23.6 Å². The number of carboxylic acids is 1. The lowest BCUT2D eigenvalue weighted by atomic mass is 10.2. The lowest BCUT2D eigenvalue weighted by Crippen LogP contribution is -2.12. The zero-order chi connectivity index (χ0) is 16.0. The summed E-state index contributed by atoms with van der Waals surface area (Å²) in [5.41, 5.74) is 0.201. The Balaban J connectivity index is 2.68. The van der Waals surface area contributed by atoms with Crippen LogP contribution in [0.25, 0.3) is 0 Å². The van der Waals surface area contributed by atoms with Gasteiger partial charge in [-0.1, -0.05) is 23.2 Å². The molecule has 9 heteroatoms. The maximum absolute atomic E-state index is 12.1. The summed E-state index contributed by atoms with van der Waals surface area (Å²) in [7, 11) is 0. The standard InChI is InChI=1S/C12H11Cl2F2NO4/c13-7-4-6(5-8(14)11(7)21-12(15)16)17-9(18)2-1-3-10(19)20/h4-5,12H,1-3H2,(H,17,18)(H,19,20). The zero-order valence-corrected chi connectivity index (χ0v) is 12.0. The molecule has 0 heterocycles. The van der Waals surface area contributed by atoms with E-state index < -0.39 is 18.5 Å². The van der Waals surface area contributed by atoms with Crippen molar-refractivity contribution in [1.82, 2.24) is 0 Å². The first-order chi connectivity index (χ1) is 9.79. The van der Waals surface area contributed by atoms with Gasteiger partial charge < -0.3 is 15.2 Å². The second-order valence-corrected chi connectivity index (χ2v) is 4.76. The molecule has 0 saturated carbocycles. The maximum Gasteiger partial charge on any atom is 0.387 e. The maximum atomic E-state index is 12.1. The number of ether oxygens (including phenoxy) is 1. The minimum absolute atomic E-state index is 0.00315. The molecule has 0 aliphatic carbocycles. The van der Waals surface area contributed by atoms with Crippen molar-refractivity contribution < 1.29 is 28.2 Å². The summed E-state index contributed by atoms with van der Waals surface area (Å²) in [6.07, 6.45) is 0.0438. The number of carboxylic acid groups (broad SMARTS) is 1. The lowest BCUT2D eigenvalue weighted by Gasteiger charge is -2.11. The number of amides is 1. The summed E-state index contributed by atoms with van der Waals surface area (Å²) in [5, 5.41) is 10.5. The Labute approximate surface area is 128 Å². The quantitative estimate of drug-likeness (QED) is 0.791. The number of hydrogen-bond acceptors (Lipinski definition) is 3. The van der Waals surface area contributed by atoms with Crippen LogP contribution >= 0.6 is 23.2 Å². The van der Waals surface area contributed by atoms with E-state index in [-0.39, 0.29) is 40.7 Å². The molecular weight excluding hydrogens is 331 g/mol. The normalized spacial score (nSPS) is 10.5. The first-order valence-corrected chi connectivity index (χ1v) is 6.50. The fraction of sp³-hybridized carbons (Fsp3) is 0.333. The largest absolute Gasteiger partial charge is 0.481 e. The summed E-state index contributed by atoms with van der Waals surface area (Å²) >= 11 is 11.5. The van der Waals surface area contributed by atoms with E-state index in [9.17, 15) is 18.4 Å². The van der Waals surface area contributed by atoms with E-state index in [1.54, 1.807) is 0 Å². The van der Waals surface area contributed by atoms with Gasteiger partial charge in [-0.05, 0) is 18.6 Å². The molecule has 0 radical (unpaired) electrons. The third-order valence-electron chi connectivity index (χ3n) is 2.28. The number of carbonyl (C=O) groups excluding carboxylic acids is 1. The minimum atomic E-state index is -3.07. The molecule has 0 aromatic heterocycles. The molecule has 1 aromatic carbocycles. The molecule has 0 saturated heterocycles. The number of rotatable bonds is 7. The van der Waals surface area contributed by atoms with Crippen molar-refractivity contribution in [2.24, 2.45) is 0 Å². The van der Waals surface area contributed by atoms with Crippen LogP contribution in [0.1, 0.15) is 19.3 Å². The van der Waals surface area contributed by atoms with Gasteiger partial charge in [-0.25, -0.2) is 0 Å². The van der Waals surface area contributed by atoms with Gasteiger partial charge in [-0.3, -0.25) is 9.59 Å². The summed E-state index contributed by atoms with van der Waals surface area (Å²) in [6, 6.07) is 2.42. The van der Waals surface area contributed by atoms with Gasteiger partial charge in [0.15, 0.2) is 5.75 Å². The second kappa shape index (κ2) is 7.99. The molecule has 1 aromatic rings. The highest BCUT2D eigenvalue weighted by Crippen LogP contribution is 2.37. The predicted octanol–water partition coefficient (Wildman–Crippen LogP) is 3.79. The molecule has 21 heavy (non-hydrogen) atoms. The molecule has 0 bridgehead atoms. The number of aliphatic carboxylic acids is 1. The smallest absolute Gasteiger partial charge is 0.387 e. The molecule has 0 spiro atoms. The van der Waals surface area contributed by atoms with Crippen LogP contribution in [0.4, 0.5) is 14.5 Å². The van der Waals surface area contributed by atoms with Crippen molar-refractivity contribution in [2.45, 2.75) is 25.9 Å². The summed E-state index contributed by atoms with van der Waals surface area (Å²) in [4.78, 5) is 21.8. The fourth-order valence-electron chi connectivity index (χ4n) is 1.46. The van der Waals surface area contributed by atoms with Crippen LogP contribution < -0.4 is 10.1 Å². The van der Waals surface area contributed by atoms with Crippen LogP contribution in [0.3, 0.4) is 0 Å². The van der Waals surface area contributed by atoms with E-state index in [1.165, 1.54) is 12.1 Å². The molecule has 5 nitrogen and oxygen atoms in total. The molecule has 1 amide bonds. The Morgan fingerprint density at radius 1 is 1.24 bits per heavy atom. The monoisotopic (exact) mass is 341 g/mol. The van der Waals surface area contributed by atoms with Crippen LogP contribution in [0.5, 0.6) is 5.75 Å². The van der Waals surface area contributed by atoms with Gasteiger partial charge in [0.2, 0.25) is 5.91 Å². The molecule has 2 N–H and O–H groups in total. The Kier molecular flexibility index (Phi) is 6.64. The second-order valence-electron chi connectivity index (χ2n) is 3.94. The first-order valence-electron chi connectivity index (χ1n) is 5.75. The molecule has 0 aliphatic rings. The van der Waals surface area contributed by atoms with Crippen molar-refractivity contribution in [3.63, 3.8) is 0 Å². The average molecular weight is 342 g/mol. The lowest BCUT2D eigenvalue weighted by molar-refractivity contribution is -0.137. The number of carbonyl (C=O) groups is 2. The van der Waals surface area contributed by atoms with Crippen molar-refractivity contribution >= 4 is 40.8 Å². The van der Waals surface area contributed by atoms with Gasteiger partial charge >= 0.3 is 12.6 Å². The van der Waals surface area contributed by atoms with E-state index in [0.717, 1.165) is 0 Å². The van der Waals surface area contributed by atoms with Gasteiger partial charge in [0, 0.05) is 18.5 Å². The van der Waals surface area contributed by atoms with Gasteiger partial charge in [0.1, 0.15) is 0 Å². The topological polar surface area (TPSA) is 75.6 Å². The number of hydrogen-bond donors (Lipinski definition) is 2.